The Morgan fingerprint density at radius 2 is 1.84 bits per heavy atom. The number of hydrogen-bond donors (Lipinski definition) is 1. The van der Waals surface area contributed by atoms with Gasteiger partial charge in [-0.1, -0.05) is 36.8 Å². The molecular weight excluding hydrogens is 236 g/mol. The summed E-state index contributed by atoms with van der Waals surface area (Å²) in [5.41, 5.74) is 1.53. The lowest BCUT2D eigenvalue weighted by Crippen LogP contribution is -2.49. The first-order chi connectivity index (χ1) is 9.22. The van der Waals surface area contributed by atoms with E-state index in [0.717, 1.165) is 19.6 Å². The molecule has 19 heavy (non-hydrogen) atoms. The van der Waals surface area contributed by atoms with E-state index in [2.05, 4.69) is 29.6 Å². The second-order valence-corrected chi connectivity index (χ2v) is 5.33. The van der Waals surface area contributed by atoms with Crippen LogP contribution in [-0.4, -0.2) is 30.6 Å². The van der Waals surface area contributed by atoms with Gasteiger partial charge < -0.3 is 10.2 Å². The van der Waals surface area contributed by atoms with Gasteiger partial charge in [-0.15, -0.1) is 0 Å². The molecule has 0 aromatic heterocycles. The van der Waals surface area contributed by atoms with E-state index in [4.69, 9.17) is 0 Å². The van der Waals surface area contributed by atoms with Crippen molar-refractivity contribution in [1.82, 2.24) is 10.2 Å². The molecule has 1 aliphatic rings. The quantitative estimate of drug-likeness (QED) is 0.866. The van der Waals surface area contributed by atoms with Crippen LogP contribution in [0.15, 0.2) is 30.3 Å². The summed E-state index contributed by atoms with van der Waals surface area (Å²) in [4.78, 5) is 13.9. The number of nitrogens with one attached hydrogen (secondary N) is 1. The molecule has 0 unspecified atom stereocenters. The normalized spacial score (nSPS) is 16.5. The second-order valence-electron chi connectivity index (χ2n) is 5.33. The second kappa shape index (κ2) is 6.09. The minimum atomic E-state index is 0.0622. The molecule has 3 heteroatoms. The number of benzene rings is 1. The van der Waals surface area contributed by atoms with E-state index in [1.165, 1.54) is 24.8 Å². The molecule has 0 radical (unpaired) electrons. The fourth-order valence-corrected chi connectivity index (χ4v) is 2.83. The Morgan fingerprint density at radius 1 is 1.21 bits per heavy atom. The van der Waals surface area contributed by atoms with Crippen LogP contribution in [0.3, 0.4) is 0 Å². The number of nitrogens with zero attached hydrogens (tertiary/aromatic N) is 1. The van der Waals surface area contributed by atoms with Gasteiger partial charge in [-0.05, 0) is 32.3 Å². The smallest absolute Gasteiger partial charge is 0.317 e. The summed E-state index contributed by atoms with van der Waals surface area (Å²) < 4.78 is 0. The zero-order chi connectivity index (χ0) is 13.7. The van der Waals surface area contributed by atoms with E-state index in [-0.39, 0.29) is 11.4 Å². The molecule has 1 aromatic rings. The SMILES string of the molecule is CCN(CC)C(=O)NCC1(c2ccccc2)CCC1. The van der Waals surface area contributed by atoms with Crippen molar-refractivity contribution < 1.29 is 4.79 Å². The van der Waals surface area contributed by atoms with Gasteiger partial charge in [0.2, 0.25) is 0 Å². The molecule has 0 spiro atoms. The number of hydrogen-bond acceptors (Lipinski definition) is 1. The lowest BCUT2D eigenvalue weighted by atomic mass is 9.64. The average molecular weight is 260 g/mol. The highest BCUT2D eigenvalue weighted by Crippen LogP contribution is 2.43. The van der Waals surface area contributed by atoms with Crippen LogP contribution in [0.2, 0.25) is 0 Å². The Labute approximate surface area is 116 Å². The lowest BCUT2D eigenvalue weighted by Gasteiger charge is -2.43. The van der Waals surface area contributed by atoms with E-state index < -0.39 is 0 Å². The fraction of sp³-hybridized carbons (Fsp3) is 0.562. The molecule has 0 saturated heterocycles. The van der Waals surface area contributed by atoms with E-state index in [1.807, 2.05) is 24.8 Å². The predicted molar refractivity (Wildman–Crippen MR) is 78.3 cm³/mol. The molecule has 1 saturated carbocycles. The molecule has 3 nitrogen and oxygen atoms in total. The Bertz CT molecular complexity index is 408. The summed E-state index contributed by atoms with van der Waals surface area (Å²) in [6.07, 6.45) is 3.61. The van der Waals surface area contributed by atoms with Gasteiger partial charge in [0, 0.05) is 25.0 Å². The van der Waals surface area contributed by atoms with Crippen molar-refractivity contribution in [1.29, 1.82) is 0 Å². The summed E-state index contributed by atoms with van der Waals surface area (Å²) in [7, 11) is 0. The number of carbonyl (C=O) groups excluding carboxylic acids is 1. The third-order valence-corrected chi connectivity index (χ3v) is 4.33. The minimum absolute atomic E-state index is 0.0622. The van der Waals surface area contributed by atoms with E-state index in [1.54, 1.807) is 0 Å². The molecule has 1 aliphatic carbocycles. The highest BCUT2D eigenvalue weighted by atomic mass is 16.2. The Hall–Kier alpha value is -1.51. The topological polar surface area (TPSA) is 32.3 Å². The predicted octanol–water partition coefficient (Wildman–Crippen LogP) is 3.16. The summed E-state index contributed by atoms with van der Waals surface area (Å²) >= 11 is 0. The number of rotatable bonds is 5. The molecule has 2 amide bonds. The molecule has 2 rings (SSSR count). The van der Waals surface area contributed by atoms with Gasteiger partial charge >= 0.3 is 6.03 Å². The van der Waals surface area contributed by atoms with Gasteiger partial charge in [0.1, 0.15) is 0 Å². The Morgan fingerprint density at radius 3 is 2.32 bits per heavy atom. The largest absolute Gasteiger partial charge is 0.337 e. The lowest BCUT2D eigenvalue weighted by molar-refractivity contribution is 0.187. The van der Waals surface area contributed by atoms with Gasteiger partial charge in [-0.2, -0.15) is 0 Å². The standard InChI is InChI=1S/C16H24N2O/c1-3-18(4-2)15(19)17-13-16(11-8-12-16)14-9-6-5-7-10-14/h5-7,9-10H,3-4,8,11-13H2,1-2H3,(H,17,19). The molecule has 1 fully saturated rings. The first kappa shape index (κ1) is 13.9. The van der Waals surface area contributed by atoms with Gasteiger partial charge in [-0.3, -0.25) is 0 Å². The average Bonchev–Trinajstić information content (AvgIpc) is 2.40. The van der Waals surface area contributed by atoms with E-state index in [9.17, 15) is 4.79 Å². The van der Waals surface area contributed by atoms with Crippen molar-refractivity contribution >= 4 is 6.03 Å². The first-order valence-corrected chi connectivity index (χ1v) is 7.30. The molecule has 1 aromatic carbocycles. The van der Waals surface area contributed by atoms with Crippen molar-refractivity contribution in [2.24, 2.45) is 0 Å². The molecular formula is C16H24N2O. The van der Waals surface area contributed by atoms with E-state index in [0.29, 0.717) is 0 Å². The third kappa shape index (κ3) is 2.91. The van der Waals surface area contributed by atoms with Gasteiger partial charge in [-0.25, -0.2) is 4.79 Å². The molecule has 0 bridgehead atoms. The molecule has 0 heterocycles. The van der Waals surface area contributed by atoms with Crippen molar-refractivity contribution in [3.63, 3.8) is 0 Å². The zero-order valence-electron chi connectivity index (χ0n) is 12.0. The van der Waals surface area contributed by atoms with Crippen LogP contribution in [0, 0.1) is 0 Å². The number of carbonyl (C=O) groups is 1. The highest BCUT2D eigenvalue weighted by Gasteiger charge is 2.38. The van der Waals surface area contributed by atoms with Crippen molar-refractivity contribution in [2.45, 2.75) is 38.5 Å². The molecule has 0 aliphatic heterocycles. The van der Waals surface area contributed by atoms with Crippen LogP contribution < -0.4 is 5.32 Å². The Balaban J connectivity index is 1.99. The number of amides is 2. The molecule has 0 atom stereocenters. The monoisotopic (exact) mass is 260 g/mol. The first-order valence-electron chi connectivity index (χ1n) is 7.30. The maximum Gasteiger partial charge on any atom is 0.317 e. The third-order valence-electron chi connectivity index (χ3n) is 4.33. The fourth-order valence-electron chi connectivity index (χ4n) is 2.83. The summed E-state index contributed by atoms with van der Waals surface area (Å²) in [6.45, 7) is 6.31. The molecule has 1 N–H and O–H groups in total. The summed E-state index contributed by atoms with van der Waals surface area (Å²) in [5, 5.41) is 3.11. The van der Waals surface area contributed by atoms with Crippen molar-refractivity contribution in [3.05, 3.63) is 35.9 Å². The molecule has 104 valence electrons. The number of urea groups is 1. The minimum Gasteiger partial charge on any atom is -0.337 e. The van der Waals surface area contributed by atoms with Crippen LogP contribution in [0.25, 0.3) is 0 Å². The van der Waals surface area contributed by atoms with Crippen LogP contribution in [0.1, 0.15) is 38.7 Å². The van der Waals surface area contributed by atoms with Crippen LogP contribution in [0.4, 0.5) is 4.79 Å². The van der Waals surface area contributed by atoms with Crippen LogP contribution in [0.5, 0.6) is 0 Å². The van der Waals surface area contributed by atoms with Gasteiger partial charge in [0.15, 0.2) is 0 Å². The van der Waals surface area contributed by atoms with E-state index >= 15 is 0 Å². The summed E-state index contributed by atoms with van der Waals surface area (Å²) in [5.74, 6) is 0. The van der Waals surface area contributed by atoms with Crippen LogP contribution in [-0.2, 0) is 5.41 Å². The van der Waals surface area contributed by atoms with Crippen molar-refractivity contribution in [2.75, 3.05) is 19.6 Å². The van der Waals surface area contributed by atoms with Crippen molar-refractivity contribution in [3.8, 4) is 0 Å². The highest BCUT2D eigenvalue weighted by molar-refractivity contribution is 5.74. The maximum absolute atomic E-state index is 12.0. The maximum atomic E-state index is 12.0. The zero-order valence-corrected chi connectivity index (χ0v) is 12.0. The van der Waals surface area contributed by atoms with Crippen LogP contribution >= 0.6 is 0 Å². The van der Waals surface area contributed by atoms with Gasteiger partial charge in [0.25, 0.3) is 0 Å². The Kier molecular flexibility index (Phi) is 4.46. The van der Waals surface area contributed by atoms with Gasteiger partial charge in [0.05, 0.1) is 0 Å². The summed E-state index contributed by atoms with van der Waals surface area (Å²) in [6, 6.07) is 10.6.